The molecule has 1 heterocycles. The topological polar surface area (TPSA) is 92.8 Å². The first-order valence-electron chi connectivity index (χ1n) is 9.34. The Balaban J connectivity index is 2.01. The van der Waals surface area contributed by atoms with Gasteiger partial charge < -0.3 is 10.1 Å². The highest BCUT2D eigenvalue weighted by Crippen LogP contribution is 2.29. The summed E-state index contributed by atoms with van der Waals surface area (Å²) >= 11 is 0. The van der Waals surface area contributed by atoms with E-state index < -0.39 is 16.0 Å². The van der Waals surface area contributed by atoms with Crippen molar-refractivity contribution in [3.8, 4) is 0 Å². The van der Waals surface area contributed by atoms with Crippen LogP contribution in [0.25, 0.3) is 0 Å². The summed E-state index contributed by atoms with van der Waals surface area (Å²) in [6, 6.07) is 6.08. The molecule has 2 atom stereocenters. The lowest BCUT2D eigenvalue weighted by atomic mass is 10.0. The van der Waals surface area contributed by atoms with Crippen LogP contribution in [0.1, 0.15) is 52.9 Å². The standard InChI is InChI=1S/C19H28N2O5S/c1-4-26-19(23)13-12-18(22)20-16-8-10-17(11-9-16)27(24,25)21-14(2)6-5-7-15(21)3/h8-11,14-15H,4-7,12-13H2,1-3H3,(H,20,22)/t14-,15-/m0/s1. The van der Waals surface area contributed by atoms with Gasteiger partial charge in [0.25, 0.3) is 0 Å². The SMILES string of the molecule is CCOC(=O)CCC(=O)Nc1ccc(S(=O)(=O)N2[C@@H](C)CCC[C@@H]2C)cc1. The first kappa shape index (κ1) is 21.4. The Kier molecular flexibility index (Phi) is 7.38. The van der Waals surface area contributed by atoms with Gasteiger partial charge in [-0.2, -0.15) is 4.31 Å². The number of amides is 1. The minimum absolute atomic E-state index is 0.0108. The number of anilines is 1. The van der Waals surface area contributed by atoms with E-state index in [2.05, 4.69) is 5.32 Å². The monoisotopic (exact) mass is 396 g/mol. The molecule has 27 heavy (non-hydrogen) atoms. The molecule has 1 aromatic carbocycles. The number of nitrogens with zero attached hydrogens (tertiary/aromatic N) is 1. The van der Waals surface area contributed by atoms with E-state index in [1.54, 1.807) is 23.4 Å². The number of esters is 1. The summed E-state index contributed by atoms with van der Waals surface area (Å²) in [6.07, 6.45) is 2.78. The molecule has 1 saturated heterocycles. The number of hydrogen-bond acceptors (Lipinski definition) is 5. The zero-order valence-corrected chi connectivity index (χ0v) is 16.9. The van der Waals surface area contributed by atoms with Crippen molar-refractivity contribution in [1.82, 2.24) is 4.31 Å². The molecule has 0 saturated carbocycles. The molecule has 8 heteroatoms. The summed E-state index contributed by atoms with van der Waals surface area (Å²) < 4.78 is 32.3. The molecular weight excluding hydrogens is 368 g/mol. The van der Waals surface area contributed by atoms with E-state index in [1.165, 1.54) is 12.1 Å². The first-order chi connectivity index (χ1) is 12.8. The maximum atomic E-state index is 13.0. The van der Waals surface area contributed by atoms with Crippen molar-refractivity contribution in [2.24, 2.45) is 0 Å². The van der Waals surface area contributed by atoms with Gasteiger partial charge in [-0.3, -0.25) is 9.59 Å². The van der Waals surface area contributed by atoms with Gasteiger partial charge >= 0.3 is 5.97 Å². The maximum absolute atomic E-state index is 13.0. The Morgan fingerprint density at radius 2 is 1.70 bits per heavy atom. The number of hydrogen-bond donors (Lipinski definition) is 1. The van der Waals surface area contributed by atoms with Crippen LogP contribution in [0.3, 0.4) is 0 Å². The summed E-state index contributed by atoms with van der Waals surface area (Å²) in [7, 11) is -3.57. The van der Waals surface area contributed by atoms with E-state index in [0.29, 0.717) is 5.69 Å². The molecule has 0 unspecified atom stereocenters. The molecule has 1 N–H and O–H groups in total. The Bertz CT molecular complexity index is 751. The largest absolute Gasteiger partial charge is 0.466 e. The summed E-state index contributed by atoms with van der Waals surface area (Å²) in [5, 5.41) is 2.66. The van der Waals surface area contributed by atoms with E-state index in [1.807, 2.05) is 13.8 Å². The number of sulfonamides is 1. The Morgan fingerprint density at radius 3 is 2.26 bits per heavy atom. The maximum Gasteiger partial charge on any atom is 0.306 e. The third-order valence-electron chi connectivity index (χ3n) is 4.69. The second kappa shape index (κ2) is 9.32. The van der Waals surface area contributed by atoms with Gasteiger partial charge in [0, 0.05) is 24.2 Å². The Morgan fingerprint density at radius 1 is 1.11 bits per heavy atom. The van der Waals surface area contributed by atoms with Crippen molar-refractivity contribution in [2.45, 2.75) is 69.9 Å². The number of ether oxygens (including phenoxy) is 1. The summed E-state index contributed by atoms with van der Waals surface area (Å²) in [4.78, 5) is 23.4. The molecule has 0 radical (unpaired) electrons. The van der Waals surface area contributed by atoms with Crippen LogP contribution in [0.5, 0.6) is 0 Å². The molecule has 0 aliphatic carbocycles. The quantitative estimate of drug-likeness (QED) is 0.716. The van der Waals surface area contributed by atoms with Crippen molar-refractivity contribution >= 4 is 27.6 Å². The Labute approximate surface area is 161 Å². The van der Waals surface area contributed by atoms with Crippen LogP contribution in [-0.2, 0) is 24.3 Å². The normalized spacial score (nSPS) is 20.9. The zero-order chi connectivity index (χ0) is 20.0. The van der Waals surface area contributed by atoms with Crippen LogP contribution >= 0.6 is 0 Å². The second-order valence-corrected chi connectivity index (χ2v) is 8.68. The second-order valence-electron chi connectivity index (χ2n) is 6.84. The van der Waals surface area contributed by atoms with Crippen LogP contribution in [0.2, 0.25) is 0 Å². The highest BCUT2D eigenvalue weighted by molar-refractivity contribution is 7.89. The smallest absolute Gasteiger partial charge is 0.306 e. The van der Waals surface area contributed by atoms with Crippen molar-refractivity contribution < 1.29 is 22.7 Å². The van der Waals surface area contributed by atoms with Gasteiger partial charge in [-0.05, 0) is 57.9 Å². The van der Waals surface area contributed by atoms with Gasteiger partial charge in [-0.25, -0.2) is 8.42 Å². The van der Waals surface area contributed by atoms with Gasteiger partial charge in [0.1, 0.15) is 0 Å². The molecule has 1 fully saturated rings. The van der Waals surface area contributed by atoms with Gasteiger partial charge in [-0.1, -0.05) is 6.42 Å². The van der Waals surface area contributed by atoms with Crippen LogP contribution in [0.15, 0.2) is 29.2 Å². The fourth-order valence-electron chi connectivity index (χ4n) is 3.38. The highest BCUT2D eigenvalue weighted by Gasteiger charge is 2.35. The predicted molar refractivity (Wildman–Crippen MR) is 103 cm³/mol. The van der Waals surface area contributed by atoms with Gasteiger partial charge in [0.2, 0.25) is 15.9 Å². The zero-order valence-electron chi connectivity index (χ0n) is 16.1. The number of nitrogens with one attached hydrogen (secondary N) is 1. The minimum Gasteiger partial charge on any atom is -0.466 e. The molecule has 1 aliphatic rings. The van der Waals surface area contributed by atoms with Gasteiger partial charge in [-0.15, -0.1) is 0 Å². The summed E-state index contributed by atoms with van der Waals surface area (Å²) in [6.45, 7) is 5.86. The lowest BCUT2D eigenvalue weighted by molar-refractivity contribution is -0.144. The van der Waals surface area contributed by atoms with Crippen molar-refractivity contribution in [2.75, 3.05) is 11.9 Å². The molecule has 7 nitrogen and oxygen atoms in total. The molecule has 1 aliphatic heterocycles. The lowest BCUT2D eigenvalue weighted by Crippen LogP contribution is -2.47. The summed E-state index contributed by atoms with van der Waals surface area (Å²) in [5.41, 5.74) is 0.488. The number of carbonyl (C=O) groups is 2. The molecule has 2 rings (SSSR count). The highest BCUT2D eigenvalue weighted by atomic mass is 32.2. The molecule has 0 bridgehead atoms. The molecule has 1 aromatic rings. The van der Waals surface area contributed by atoms with Crippen LogP contribution in [0, 0.1) is 0 Å². The third kappa shape index (κ3) is 5.52. The van der Waals surface area contributed by atoms with E-state index >= 15 is 0 Å². The van der Waals surface area contributed by atoms with Crippen molar-refractivity contribution in [3.05, 3.63) is 24.3 Å². The average molecular weight is 397 g/mol. The van der Waals surface area contributed by atoms with Crippen molar-refractivity contribution in [1.29, 1.82) is 0 Å². The molecule has 1 amide bonds. The Hall–Kier alpha value is -1.93. The molecule has 0 aromatic heterocycles. The number of carbonyl (C=O) groups excluding carboxylic acids is 2. The molecule has 150 valence electrons. The molecule has 0 spiro atoms. The fourth-order valence-corrected chi connectivity index (χ4v) is 5.26. The van der Waals surface area contributed by atoms with Crippen LogP contribution in [-0.4, -0.2) is 43.3 Å². The number of rotatable bonds is 7. The van der Waals surface area contributed by atoms with Crippen molar-refractivity contribution in [3.63, 3.8) is 0 Å². The van der Waals surface area contributed by atoms with E-state index in [-0.39, 0.29) is 42.3 Å². The lowest BCUT2D eigenvalue weighted by Gasteiger charge is -2.37. The van der Waals surface area contributed by atoms with Gasteiger partial charge in [0.15, 0.2) is 0 Å². The number of piperidine rings is 1. The summed E-state index contributed by atoms with van der Waals surface area (Å²) in [5.74, 6) is -0.740. The fraction of sp³-hybridized carbons (Fsp3) is 0.579. The van der Waals surface area contributed by atoms with E-state index in [4.69, 9.17) is 4.74 Å². The van der Waals surface area contributed by atoms with Gasteiger partial charge in [0.05, 0.1) is 17.9 Å². The third-order valence-corrected chi connectivity index (χ3v) is 6.83. The average Bonchev–Trinajstić information content (AvgIpc) is 2.60. The van der Waals surface area contributed by atoms with E-state index in [9.17, 15) is 18.0 Å². The van der Waals surface area contributed by atoms with E-state index in [0.717, 1.165) is 19.3 Å². The molecular formula is C19H28N2O5S. The number of benzene rings is 1. The predicted octanol–water partition coefficient (Wildman–Crippen LogP) is 2.92. The van der Waals surface area contributed by atoms with Crippen LogP contribution in [0.4, 0.5) is 5.69 Å². The first-order valence-corrected chi connectivity index (χ1v) is 10.8. The van der Waals surface area contributed by atoms with Crippen LogP contribution < -0.4 is 5.32 Å². The minimum atomic E-state index is -3.57.